The van der Waals surface area contributed by atoms with Crippen molar-refractivity contribution in [3.63, 3.8) is 0 Å². The fourth-order valence-corrected chi connectivity index (χ4v) is 3.33. The van der Waals surface area contributed by atoms with Gasteiger partial charge in [0.25, 0.3) is 0 Å². The number of benzene rings is 2. The van der Waals surface area contributed by atoms with E-state index < -0.39 is 0 Å². The number of carbonyl (C=O) groups excluding carboxylic acids is 1. The van der Waals surface area contributed by atoms with E-state index in [9.17, 15) is 4.79 Å². The molecule has 3 rings (SSSR count). The molecule has 0 bridgehead atoms. The van der Waals surface area contributed by atoms with Crippen LogP contribution in [0.2, 0.25) is 0 Å². The molecular formula is C19H19N3O2S. The third-order valence-corrected chi connectivity index (χ3v) is 4.84. The second-order valence-electron chi connectivity index (χ2n) is 5.57. The number of amides is 1. The molecule has 0 N–H and O–H groups in total. The topological polar surface area (TPSA) is 54.3 Å². The molecule has 0 radical (unpaired) electrons. The van der Waals surface area contributed by atoms with Gasteiger partial charge in [0.1, 0.15) is 5.75 Å². The molecule has 25 heavy (non-hydrogen) atoms. The summed E-state index contributed by atoms with van der Waals surface area (Å²) in [4.78, 5) is 14.1. The molecule has 2 aromatic rings. The highest BCUT2D eigenvalue weighted by Gasteiger charge is 2.35. The van der Waals surface area contributed by atoms with Crippen molar-refractivity contribution in [3.8, 4) is 5.75 Å². The quantitative estimate of drug-likeness (QED) is 0.610. The van der Waals surface area contributed by atoms with Crippen molar-refractivity contribution in [1.82, 2.24) is 4.90 Å². The third-order valence-electron chi connectivity index (χ3n) is 3.78. The maximum absolute atomic E-state index is 12.4. The summed E-state index contributed by atoms with van der Waals surface area (Å²) in [6.07, 6.45) is 1.69. The van der Waals surface area contributed by atoms with Crippen LogP contribution in [0.4, 0.5) is 0 Å². The zero-order valence-corrected chi connectivity index (χ0v) is 14.9. The van der Waals surface area contributed by atoms with Crippen molar-refractivity contribution in [3.05, 3.63) is 65.7 Å². The summed E-state index contributed by atoms with van der Waals surface area (Å²) in [5.41, 5.74) is 1.99. The van der Waals surface area contributed by atoms with E-state index in [0.29, 0.717) is 11.7 Å². The molecule has 1 amide bonds. The van der Waals surface area contributed by atoms with Crippen molar-refractivity contribution >= 4 is 29.1 Å². The van der Waals surface area contributed by atoms with E-state index in [0.717, 1.165) is 16.9 Å². The van der Waals surface area contributed by atoms with Crippen molar-refractivity contribution < 1.29 is 9.53 Å². The molecule has 0 saturated carbocycles. The predicted octanol–water partition coefficient (Wildman–Crippen LogP) is 3.55. The molecule has 1 saturated heterocycles. The zero-order chi connectivity index (χ0) is 17.6. The van der Waals surface area contributed by atoms with Crippen LogP contribution in [0.25, 0.3) is 0 Å². The summed E-state index contributed by atoms with van der Waals surface area (Å²) < 4.78 is 5.17. The van der Waals surface area contributed by atoms with Gasteiger partial charge in [0.2, 0.25) is 5.91 Å². The number of rotatable bonds is 5. The number of nitrogens with zero attached hydrogens (tertiary/aromatic N) is 3. The van der Waals surface area contributed by atoms with Gasteiger partial charge >= 0.3 is 0 Å². The minimum atomic E-state index is -0.149. The van der Waals surface area contributed by atoms with Gasteiger partial charge in [-0.1, -0.05) is 54.2 Å². The van der Waals surface area contributed by atoms with Crippen molar-refractivity contribution in [1.29, 1.82) is 0 Å². The van der Waals surface area contributed by atoms with E-state index in [1.165, 1.54) is 11.8 Å². The van der Waals surface area contributed by atoms with Gasteiger partial charge in [-0.25, -0.2) is 0 Å². The van der Waals surface area contributed by atoms with Crippen LogP contribution in [0.5, 0.6) is 5.75 Å². The number of hydrogen-bond acceptors (Lipinski definition) is 5. The van der Waals surface area contributed by atoms with Gasteiger partial charge < -0.3 is 4.74 Å². The Kier molecular flexibility index (Phi) is 5.50. The summed E-state index contributed by atoms with van der Waals surface area (Å²) in [6, 6.07) is 17.4. The minimum Gasteiger partial charge on any atom is -0.497 e. The van der Waals surface area contributed by atoms with Crippen molar-refractivity contribution in [2.75, 3.05) is 7.11 Å². The van der Waals surface area contributed by atoms with Gasteiger partial charge in [0.15, 0.2) is 5.17 Å². The molecule has 0 spiro atoms. The second kappa shape index (κ2) is 7.98. The molecular weight excluding hydrogens is 334 g/mol. The van der Waals surface area contributed by atoms with Crippen molar-refractivity contribution in [2.45, 2.75) is 18.7 Å². The molecule has 1 atom stereocenters. The highest BCUT2D eigenvalue weighted by molar-refractivity contribution is 8.15. The lowest BCUT2D eigenvalue weighted by atomic mass is 10.2. The molecule has 1 unspecified atom stereocenters. The van der Waals surface area contributed by atoms with Crippen molar-refractivity contribution in [2.24, 2.45) is 10.2 Å². The van der Waals surface area contributed by atoms with E-state index in [-0.39, 0.29) is 11.2 Å². The van der Waals surface area contributed by atoms with E-state index >= 15 is 0 Å². The number of amidine groups is 1. The molecule has 5 nitrogen and oxygen atoms in total. The standard InChI is InChI=1S/C19H19N3O2S/c1-14-18(23)22(13-16-8-10-17(24-2)11-9-16)19(25-14)21-20-12-15-6-4-3-5-7-15/h3-12,14H,13H2,1-2H3/b20-12+,21-19-. The van der Waals surface area contributed by atoms with E-state index in [4.69, 9.17) is 4.74 Å². The third kappa shape index (κ3) is 4.28. The Balaban J connectivity index is 1.76. The monoisotopic (exact) mass is 353 g/mol. The molecule has 1 heterocycles. The van der Waals surface area contributed by atoms with Gasteiger partial charge in [0, 0.05) is 0 Å². The molecule has 0 aromatic heterocycles. The lowest BCUT2D eigenvalue weighted by Gasteiger charge is -2.15. The van der Waals surface area contributed by atoms with E-state index in [1.807, 2.05) is 61.5 Å². The summed E-state index contributed by atoms with van der Waals surface area (Å²) in [5.74, 6) is 0.843. The van der Waals surface area contributed by atoms with Crippen LogP contribution in [0.15, 0.2) is 64.8 Å². The number of ether oxygens (including phenoxy) is 1. The first-order valence-corrected chi connectivity index (χ1v) is 8.82. The largest absolute Gasteiger partial charge is 0.497 e. The maximum Gasteiger partial charge on any atom is 0.242 e. The van der Waals surface area contributed by atoms with Gasteiger partial charge in [-0.15, -0.1) is 5.10 Å². The van der Waals surface area contributed by atoms with Crippen LogP contribution < -0.4 is 4.74 Å². The Labute approximate surface area is 151 Å². The average Bonchev–Trinajstić information content (AvgIpc) is 2.91. The summed E-state index contributed by atoms with van der Waals surface area (Å²) in [5, 5.41) is 8.88. The molecule has 128 valence electrons. The first-order valence-electron chi connectivity index (χ1n) is 7.94. The van der Waals surface area contributed by atoms with Crippen LogP contribution in [-0.4, -0.2) is 34.5 Å². The molecule has 1 aliphatic heterocycles. The number of carbonyl (C=O) groups is 1. The molecule has 1 fully saturated rings. The van der Waals surface area contributed by atoms with Gasteiger partial charge in [-0.3, -0.25) is 9.69 Å². The lowest BCUT2D eigenvalue weighted by molar-refractivity contribution is -0.126. The maximum atomic E-state index is 12.4. The predicted molar refractivity (Wildman–Crippen MR) is 102 cm³/mol. The van der Waals surface area contributed by atoms with Crippen LogP contribution in [-0.2, 0) is 11.3 Å². The number of hydrogen-bond donors (Lipinski definition) is 0. The fraction of sp³-hybridized carbons (Fsp3) is 0.211. The molecule has 1 aliphatic rings. The molecule has 0 aliphatic carbocycles. The second-order valence-corrected chi connectivity index (χ2v) is 6.88. The lowest BCUT2D eigenvalue weighted by Crippen LogP contribution is -2.30. The Morgan fingerprint density at radius 3 is 2.56 bits per heavy atom. The Bertz CT molecular complexity index is 788. The van der Waals surface area contributed by atoms with Crippen LogP contribution in [0, 0.1) is 0 Å². The first kappa shape index (κ1) is 17.2. The highest BCUT2D eigenvalue weighted by Crippen LogP contribution is 2.28. The summed E-state index contributed by atoms with van der Waals surface area (Å²) >= 11 is 1.43. The van der Waals surface area contributed by atoms with Gasteiger partial charge in [0.05, 0.1) is 25.1 Å². The normalized spacial score (nSPS) is 19.1. The first-order chi connectivity index (χ1) is 12.2. The Hall–Kier alpha value is -2.60. The van der Waals surface area contributed by atoms with Crippen LogP contribution >= 0.6 is 11.8 Å². The highest BCUT2D eigenvalue weighted by atomic mass is 32.2. The van der Waals surface area contributed by atoms with Gasteiger partial charge in [-0.2, -0.15) is 5.10 Å². The zero-order valence-electron chi connectivity index (χ0n) is 14.1. The fourth-order valence-electron chi connectivity index (χ4n) is 2.41. The summed E-state index contributed by atoms with van der Waals surface area (Å²) in [7, 11) is 1.63. The van der Waals surface area contributed by atoms with E-state index in [1.54, 1.807) is 18.2 Å². The van der Waals surface area contributed by atoms with Gasteiger partial charge in [-0.05, 0) is 30.2 Å². The average molecular weight is 353 g/mol. The SMILES string of the molecule is COc1ccc(CN2C(=O)C(C)S/C2=N\N=C\c2ccccc2)cc1. The number of methoxy groups -OCH3 is 1. The Morgan fingerprint density at radius 1 is 1.16 bits per heavy atom. The molecule has 2 aromatic carbocycles. The smallest absolute Gasteiger partial charge is 0.242 e. The van der Waals surface area contributed by atoms with E-state index in [2.05, 4.69) is 10.2 Å². The summed E-state index contributed by atoms with van der Waals surface area (Å²) in [6.45, 7) is 2.36. The number of thioether (sulfide) groups is 1. The Morgan fingerprint density at radius 2 is 1.88 bits per heavy atom. The molecule has 6 heteroatoms. The minimum absolute atomic E-state index is 0.0504. The van der Waals surface area contributed by atoms with Crippen LogP contribution in [0.1, 0.15) is 18.1 Å². The van der Waals surface area contributed by atoms with Crippen LogP contribution in [0.3, 0.4) is 0 Å².